The van der Waals surface area contributed by atoms with Crippen LogP contribution in [0.15, 0.2) is 0 Å². The van der Waals surface area contributed by atoms with Crippen molar-refractivity contribution >= 4 is 17.9 Å². The van der Waals surface area contributed by atoms with Crippen LogP contribution in [0.5, 0.6) is 0 Å². The lowest BCUT2D eigenvalue weighted by Gasteiger charge is -2.09. The molecule has 6 heteroatoms. The van der Waals surface area contributed by atoms with E-state index >= 15 is 0 Å². The molecule has 0 aromatic heterocycles. The lowest BCUT2D eigenvalue weighted by Crippen LogP contribution is -2.20. The van der Waals surface area contributed by atoms with Gasteiger partial charge in [0.25, 0.3) is 0 Å². The largest absolute Gasteiger partial charge is 0.481 e. The standard InChI is InChI=1S/C9H14O6/c1-14-7(10)4-3-6(9(12)13)5-8(11)15-2/h6H,3-5H2,1-2H3,(H,12,13). The van der Waals surface area contributed by atoms with Gasteiger partial charge in [0.15, 0.2) is 0 Å². The number of hydrogen-bond acceptors (Lipinski definition) is 5. The summed E-state index contributed by atoms with van der Waals surface area (Å²) in [4.78, 5) is 32.3. The van der Waals surface area contributed by atoms with Gasteiger partial charge in [-0.05, 0) is 6.42 Å². The molecule has 0 aromatic rings. The van der Waals surface area contributed by atoms with Gasteiger partial charge >= 0.3 is 17.9 Å². The maximum atomic E-state index is 10.8. The van der Waals surface area contributed by atoms with E-state index in [0.717, 1.165) is 0 Å². The lowest BCUT2D eigenvalue weighted by molar-refractivity contribution is -0.151. The fourth-order valence-electron chi connectivity index (χ4n) is 0.992. The first-order valence-corrected chi connectivity index (χ1v) is 4.37. The lowest BCUT2D eigenvalue weighted by atomic mass is 10.00. The number of carbonyl (C=O) groups is 3. The molecule has 0 radical (unpaired) electrons. The van der Waals surface area contributed by atoms with Gasteiger partial charge in [-0.3, -0.25) is 14.4 Å². The SMILES string of the molecule is COC(=O)CCC(CC(=O)OC)C(=O)O. The number of carbonyl (C=O) groups excluding carboxylic acids is 2. The summed E-state index contributed by atoms with van der Waals surface area (Å²) in [6.07, 6.45) is -0.190. The second-order valence-electron chi connectivity index (χ2n) is 2.93. The molecule has 86 valence electrons. The summed E-state index contributed by atoms with van der Waals surface area (Å²) in [5, 5.41) is 8.74. The van der Waals surface area contributed by atoms with Gasteiger partial charge in [0, 0.05) is 6.42 Å². The number of esters is 2. The minimum Gasteiger partial charge on any atom is -0.481 e. The van der Waals surface area contributed by atoms with Gasteiger partial charge in [-0.2, -0.15) is 0 Å². The van der Waals surface area contributed by atoms with Crippen molar-refractivity contribution in [2.24, 2.45) is 5.92 Å². The average molecular weight is 218 g/mol. The highest BCUT2D eigenvalue weighted by Crippen LogP contribution is 2.12. The predicted molar refractivity (Wildman–Crippen MR) is 49.0 cm³/mol. The van der Waals surface area contributed by atoms with Gasteiger partial charge in [0.2, 0.25) is 0 Å². The minimum absolute atomic E-state index is 0.0234. The summed E-state index contributed by atoms with van der Waals surface area (Å²) >= 11 is 0. The van der Waals surface area contributed by atoms with Crippen molar-refractivity contribution in [3.8, 4) is 0 Å². The Morgan fingerprint density at radius 1 is 1.13 bits per heavy atom. The van der Waals surface area contributed by atoms with Crippen LogP contribution in [0, 0.1) is 5.92 Å². The highest BCUT2D eigenvalue weighted by Gasteiger charge is 2.22. The summed E-state index contributed by atoms with van der Waals surface area (Å²) in [7, 11) is 2.40. The molecule has 0 rings (SSSR count). The van der Waals surface area contributed by atoms with Crippen molar-refractivity contribution in [3.63, 3.8) is 0 Å². The van der Waals surface area contributed by atoms with E-state index in [2.05, 4.69) is 9.47 Å². The van der Waals surface area contributed by atoms with E-state index in [1.807, 2.05) is 0 Å². The molecule has 0 aliphatic carbocycles. The molecule has 0 aliphatic heterocycles. The summed E-state index contributed by atoms with van der Waals surface area (Å²) in [5.41, 5.74) is 0. The van der Waals surface area contributed by atoms with Crippen molar-refractivity contribution in [2.75, 3.05) is 14.2 Å². The van der Waals surface area contributed by atoms with E-state index in [1.165, 1.54) is 14.2 Å². The van der Waals surface area contributed by atoms with Gasteiger partial charge in [-0.1, -0.05) is 0 Å². The monoisotopic (exact) mass is 218 g/mol. The summed E-state index contributed by atoms with van der Waals surface area (Å²) < 4.78 is 8.71. The maximum absolute atomic E-state index is 10.8. The molecule has 0 bridgehead atoms. The predicted octanol–water partition coefficient (Wildman–Crippen LogP) is 0.203. The van der Waals surface area contributed by atoms with Gasteiger partial charge in [0.05, 0.1) is 26.6 Å². The molecule has 6 nitrogen and oxygen atoms in total. The third-order valence-corrected chi connectivity index (χ3v) is 1.91. The van der Waals surface area contributed by atoms with Crippen LogP contribution in [0.4, 0.5) is 0 Å². The highest BCUT2D eigenvalue weighted by molar-refractivity contribution is 5.79. The Kier molecular flexibility index (Phi) is 6.08. The normalized spacial score (nSPS) is 11.6. The number of hydrogen-bond donors (Lipinski definition) is 1. The molecule has 0 spiro atoms. The molecule has 1 N–H and O–H groups in total. The molecule has 0 aliphatic rings. The van der Waals surface area contributed by atoms with Gasteiger partial charge in [-0.25, -0.2) is 0 Å². The summed E-state index contributed by atoms with van der Waals surface area (Å²) in [5.74, 6) is -3.13. The molecule has 0 heterocycles. The molecule has 1 atom stereocenters. The van der Waals surface area contributed by atoms with Crippen LogP contribution < -0.4 is 0 Å². The number of rotatable bonds is 6. The molecular formula is C9H14O6. The molecule has 0 saturated carbocycles. The molecule has 0 amide bonds. The van der Waals surface area contributed by atoms with Gasteiger partial charge in [-0.15, -0.1) is 0 Å². The van der Waals surface area contributed by atoms with E-state index < -0.39 is 23.8 Å². The molecule has 0 aromatic carbocycles. The van der Waals surface area contributed by atoms with Crippen LogP contribution in [0.1, 0.15) is 19.3 Å². The van der Waals surface area contributed by atoms with E-state index in [9.17, 15) is 14.4 Å². The first kappa shape index (κ1) is 13.4. The molecule has 0 fully saturated rings. The first-order valence-electron chi connectivity index (χ1n) is 4.37. The topological polar surface area (TPSA) is 89.9 Å². The number of carboxylic acid groups (broad SMARTS) is 1. The maximum Gasteiger partial charge on any atom is 0.307 e. The van der Waals surface area contributed by atoms with Crippen LogP contribution in [-0.4, -0.2) is 37.2 Å². The van der Waals surface area contributed by atoms with Crippen LogP contribution in [0.25, 0.3) is 0 Å². The van der Waals surface area contributed by atoms with Crippen LogP contribution in [0.3, 0.4) is 0 Å². The number of methoxy groups -OCH3 is 2. The minimum atomic E-state index is -1.12. The average Bonchev–Trinajstić information content (AvgIpc) is 2.22. The number of ether oxygens (including phenoxy) is 2. The van der Waals surface area contributed by atoms with Crippen molar-refractivity contribution in [2.45, 2.75) is 19.3 Å². The third-order valence-electron chi connectivity index (χ3n) is 1.91. The summed E-state index contributed by atoms with van der Waals surface area (Å²) in [6.45, 7) is 0. The third kappa shape index (κ3) is 5.66. The Labute approximate surface area is 87.2 Å². The highest BCUT2D eigenvalue weighted by atomic mass is 16.5. The fraction of sp³-hybridized carbons (Fsp3) is 0.667. The zero-order valence-corrected chi connectivity index (χ0v) is 8.69. The van der Waals surface area contributed by atoms with Crippen LogP contribution in [-0.2, 0) is 23.9 Å². The Morgan fingerprint density at radius 3 is 2.07 bits per heavy atom. The van der Waals surface area contributed by atoms with Crippen molar-refractivity contribution < 1.29 is 29.0 Å². The molecule has 15 heavy (non-hydrogen) atoms. The second kappa shape index (κ2) is 6.80. The fourth-order valence-corrected chi connectivity index (χ4v) is 0.992. The zero-order chi connectivity index (χ0) is 11.8. The van der Waals surface area contributed by atoms with Crippen molar-refractivity contribution in [1.29, 1.82) is 0 Å². The number of aliphatic carboxylic acids is 1. The Morgan fingerprint density at radius 2 is 1.67 bits per heavy atom. The Hall–Kier alpha value is -1.59. The smallest absolute Gasteiger partial charge is 0.307 e. The molecule has 1 unspecified atom stereocenters. The van der Waals surface area contributed by atoms with Gasteiger partial charge < -0.3 is 14.6 Å². The van der Waals surface area contributed by atoms with E-state index in [-0.39, 0.29) is 19.3 Å². The molecule has 0 saturated heterocycles. The summed E-state index contributed by atoms with van der Waals surface area (Å²) in [6, 6.07) is 0. The first-order chi connectivity index (χ1) is 7.01. The van der Waals surface area contributed by atoms with E-state index in [1.54, 1.807) is 0 Å². The van der Waals surface area contributed by atoms with Crippen molar-refractivity contribution in [3.05, 3.63) is 0 Å². The Bertz CT molecular complexity index is 247. The van der Waals surface area contributed by atoms with E-state index in [0.29, 0.717) is 0 Å². The van der Waals surface area contributed by atoms with Crippen molar-refractivity contribution in [1.82, 2.24) is 0 Å². The quantitative estimate of drug-likeness (QED) is 0.640. The van der Waals surface area contributed by atoms with Crippen LogP contribution >= 0.6 is 0 Å². The van der Waals surface area contributed by atoms with Crippen LogP contribution in [0.2, 0.25) is 0 Å². The van der Waals surface area contributed by atoms with Gasteiger partial charge in [0.1, 0.15) is 0 Å². The second-order valence-corrected chi connectivity index (χ2v) is 2.93. The Balaban J connectivity index is 4.11. The number of carboxylic acids is 1. The van der Waals surface area contributed by atoms with E-state index in [4.69, 9.17) is 5.11 Å². The molecular weight excluding hydrogens is 204 g/mol. The zero-order valence-electron chi connectivity index (χ0n) is 8.69.